The van der Waals surface area contributed by atoms with E-state index in [4.69, 9.17) is 10.7 Å². The minimum atomic E-state index is -0.244. The van der Waals surface area contributed by atoms with Crippen molar-refractivity contribution in [2.75, 3.05) is 13.6 Å². The van der Waals surface area contributed by atoms with Crippen LogP contribution in [0.25, 0.3) is 11.1 Å². The summed E-state index contributed by atoms with van der Waals surface area (Å²) >= 11 is 0. The normalized spacial score (nSPS) is 20.7. The van der Waals surface area contributed by atoms with Crippen LogP contribution in [0, 0.1) is 16.7 Å². The van der Waals surface area contributed by atoms with Crippen molar-refractivity contribution in [2.24, 2.45) is 0 Å². The van der Waals surface area contributed by atoms with Gasteiger partial charge in [0.15, 0.2) is 5.96 Å². The van der Waals surface area contributed by atoms with Crippen molar-refractivity contribution in [1.82, 2.24) is 10.2 Å². The van der Waals surface area contributed by atoms with Crippen LogP contribution in [0.3, 0.4) is 0 Å². The highest BCUT2D eigenvalue weighted by atomic mass is 15.3. The summed E-state index contributed by atoms with van der Waals surface area (Å²) in [6.07, 6.45) is 0.938. The van der Waals surface area contributed by atoms with Crippen molar-refractivity contribution in [3.05, 3.63) is 59.7 Å². The Bertz CT molecular complexity index is 790. The van der Waals surface area contributed by atoms with Crippen molar-refractivity contribution in [3.8, 4) is 17.2 Å². The minimum absolute atomic E-state index is 0.244. The monoisotopic (exact) mass is 304 g/mol. The van der Waals surface area contributed by atoms with Gasteiger partial charge in [-0.15, -0.1) is 0 Å². The highest BCUT2D eigenvalue weighted by molar-refractivity contribution is 5.78. The fraction of sp³-hybridized carbons (Fsp3) is 0.263. The van der Waals surface area contributed by atoms with Crippen molar-refractivity contribution in [1.29, 1.82) is 10.7 Å². The van der Waals surface area contributed by atoms with E-state index in [-0.39, 0.29) is 5.54 Å². The summed E-state index contributed by atoms with van der Waals surface area (Å²) in [6, 6.07) is 18.2. The first-order chi connectivity index (χ1) is 11.0. The molecule has 2 aromatic carbocycles. The smallest absolute Gasteiger partial charge is 0.191 e. The van der Waals surface area contributed by atoms with Crippen LogP contribution in [-0.2, 0) is 5.54 Å². The first kappa shape index (κ1) is 15.1. The molecule has 4 heteroatoms. The number of hydrogen-bond acceptors (Lipinski definition) is 2. The molecule has 4 nitrogen and oxygen atoms in total. The second-order valence-electron chi connectivity index (χ2n) is 6.25. The van der Waals surface area contributed by atoms with Gasteiger partial charge in [0.05, 0.1) is 17.2 Å². The van der Waals surface area contributed by atoms with Gasteiger partial charge in [-0.3, -0.25) is 5.41 Å². The zero-order valence-electron chi connectivity index (χ0n) is 13.4. The Hall–Kier alpha value is -2.80. The summed E-state index contributed by atoms with van der Waals surface area (Å²) in [5.41, 5.74) is 3.71. The van der Waals surface area contributed by atoms with Crippen molar-refractivity contribution >= 4 is 5.96 Å². The quantitative estimate of drug-likeness (QED) is 0.895. The molecule has 0 radical (unpaired) electrons. The summed E-state index contributed by atoms with van der Waals surface area (Å²) in [6.45, 7) is 3.00. The van der Waals surface area contributed by atoms with E-state index in [1.54, 1.807) is 0 Å². The van der Waals surface area contributed by atoms with E-state index in [0.29, 0.717) is 11.5 Å². The lowest BCUT2D eigenvalue weighted by molar-refractivity contribution is 0.284. The SMILES string of the molecule is CN1CC[C@@](C)(c2cccc(-c3cccc(C#N)c3)c2)NC1=N. The molecule has 0 unspecified atom stereocenters. The van der Waals surface area contributed by atoms with Crippen LogP contribution < -0.4 is 5.32 Å². The third kappa shape index (κ3) is 2.91. The van der Waals surface area contributed by atoms with Gasteiger partial charge in [-0.05, 0) is 48.2 Å². The molecule has 1 aliphatic heterocycles. The van der Waals surface area contributed by atoms with Gasteiger partial charge >= 0.3 is 0 Å². The molecule has 116 valence electrons. The van der Waals surface area contributed by atoms with E-state index in [0.717, 1.165) is 29.7 Å². The van der Waals surface area contributed by atoms with E-state index >= 15 is 0 Å². The molecule has 0 spiro atoms. The second-order valence-corrected chi connectivity index (χ2v) is 6.25. The fourth-order valence-electron chi connectivity index (χ4n) is 2.95. The Labute approximate surface area is 136 Å². The van der Waals surface area contributed by atoms with Crippen molar-refractivity contribution in [2.45, 2.75) is 18.9 Å². The van der Waals surface area contributed by atoms with Crippen LogP contribution in [-0.4, -0.2) is 24.5 Å². The van der Waals surface area contributed by atoms with Crippen molar-refractivity contribution in [3.63, 3.8) is 0 Å². The zero-order chi connectivity index (χ0) is 16.4. The van der Waals surface area contributed by atoms with Gasteiger partial charge in [0.25, 0.3) is 0 Å². The molecular formula is C19H20N4. The van der Waals surface area contributed by atoms with Gasteiger partial charge in [0, 0.05) is 13.6 Å². The highest BCUT2D eigenvalue weighted by Crippen LogP contribution is 2.31. The fourth-order valence-corrected chi connectivity index (χ4v) is 2.95. The van der Waals surface area contributed by atoms with Gasteiger partial charge < -0.3 is 10.2 Å². The number of hydrogen-bond donors (Lipinski definition) is 2. The van der Waals surface area contributed by atoms with Gasteiger partial charge in [0.1, 0.15) is 0 Å². The van der Waals surface area contributed by atoms with E-state index in [1.807, 2.05) is 42.3 Å². The third-order valence-electron chi connectivity index (χ3n) is 4.55. The molecule has 3 rings (SSSR count). The van der Waals surface area contributed by atoms with Crippen molar-refractivity contribution < 1.29 is 0 Å². The molecule has 0 amide bonds. The Morgan fingerprint density at radius 2 is 1.87 bits per heavy atom. The minimum Gasteiger partial charge on any atom is -0.347 e. The third-order valence-corrected chi connectivity index (χ3v) is 4.55. The number of nitriles is 1. The highest BCUT2D eigenvalue weighted by Gasteiger charge is 2.32. The maximum Gasteiger partial charge on any atom is 0.191 e. The van der Waals surface area contributed by atoms with Gasteiger partial charge in [0.2, 0.25) is 0 Å². The largest absolute Gasteiger partial charge is 0.347 e. The zero-order valence-corrected chi connectivity index (χ0v) is 13.4. The van der Waals surface area contributed by atoms with E-state index in [1.165, 1.54) is 0 Å². The first-order valence-corrected chi connectivity index (χ1v) is 7.71. The predicted molar refractivity (Wildman–Crippen MR) is 92.1 cm³/mol. The number of nitrogens with zero attached hydrogens (tertiary/aromatic N) is 2. The summed E-state index contributed by atoms with van der Waals surface area (Å²) in [5.74, 6) is 0.454. The molecule has 1 atom stereocenters. The molecule has 23 heavy (non-hydrogen) atoms. The molecule has 2 N–H and O–H groups in total. The van der Waals surface area contributed by atoms with Gasteiger partial charge in [-0.1, -0.05) is 30.3 Å². The average molecular weight is 304 g/mol. The molecule has 0 aliphatic carbocycles. The lowest BCUT2D eigenvalue weighted by atomic mass is 9.85. The summed E-state index contributed by atoms with van der Waals surface area (Å²) in [7, 11) is 1.93. The van der Waals surface area contributed by atoms with Crippen LogP contribution in [0.2, 0.25) is 0 Å². The Balaban J connectivity index is 1.97. The standard InChI is InChI=1S/C19H20N4/c1-19(9-10-23(2)18(21)22-19)17-8-4-7-16(12-17)15-6-3-5-14(11-15)13-20/h3-8,11-12H,9-10H2,1-2H3,(H2,21,22)/t19-/m0/s1. The number of guanidine groups is 1. The van der Waals surface area contributed by atoms with Crippen LogP contribution in [0.1, 0.15) is 24.5 Å². The first-order valence-electron chi connectivity index (χ1n) is 7.71. The molecule has 0 bridgehead atoms. The molecule has 0 aromatic heterocycles. The van der Waals surface area contributed by atoms with Crippen LogP contribution in [0.4, 0.5) is 0 Å². The molecule has 2 aromatic rings. The number of rotatable bonds is 2. The van der Waals surface area contributed by atoms with E-state index in [9.17, 15) is 0 Å². The Morgan fingerprint density at radius 3 is 2.57 bits per heavy atom. The maximum atomic E-state index is 9.07. The molecule has 0 saturated carbocycles. The van der Waals surface area contributed by atoms with Gasteiger partial charge in [-0.25, -0.2) is 0 Å². The van der Waals surface area contributed by atoms with E-state index in [2.05, 4.69) is 36.5 Å². The Kier molecular flexibility index (Phi) is 3.79. The second kappa shape index (κ2) is 5.77. The van der Waals surface area contributed by atoms with Crippen LogP contribution >= 0.6 is 0 Å². The predicted octanol–water partition coefficient (Wildman–Crippen LogP) is 3.30. The molecule has 1 fully saturated rings. The average Bonchev–Trinajstić information content (AvgIpc) is 2.59. The number of nitrogens with one attached hydrogen (secondary N) is 2. The molecule has 1 aliphatic rings. The molecule has 1 saturated heterocycles. The molecular weight excluding hydrogens is 284 g/mol. The molecule has 1 heterocycles. The van der Waals surface area contributed by atoms with Gasteiger partial charge in [-0.2, -0.15) is 5.26 Å². The Morgan fingerprint density at radius 1 is 1.17 bits per heavy atom. The lowest BCUT2D eigenvalue weighted by Gasteiger charge is -2.41. The van der Waals surface area contributed by atoms with Crippen LogP contribution in [0.15, 0.2) is 48.5 Å². The maximum absolute atomic E-state index is 9.07. The van der Waals surface area contributed by atoms with Crippen LogP contribution in [0.5, 0.6) is 0 Å². The number of benzene rings is 2. The lowest BCUT2D eigenvalue weighted by Crippen LogP contribution is -2.55. The topological polar surface area (TPSA) is 62.9 Å². The summed E-state index contributed by atoms with van der Waals surface area (Å²) < 4.78 is 0. The van der Waals surface area contributed by atoms with E-state index < -0.39 is 0 Å². The summed E-state index contributed by atoms with van der Waals surface area (Å²) in [4.78, 5) is 1.92. The summed E-state index contributed by atoms with van der Waals surface area (Å²) in [5, 5.41) is 20.4.